The Bertz CT molecular complexity index is 809. The van der Waals surface area contributed by atoms with Crippen LogP contribution >= 0.6 is 0 Å². The molecule has 3 rings (SSSR count). The molecule has 0 N–H and O–H groups in total. The van der Waals surface area contributed by atoms with Crippen molar-refractivity contribution >= 4 is 10.9 Å². The molecule has 4 nitrogen and oxygen atoms in total. The molecule has 0 aliphatic heterocycles. The second kappa shape index (κ2) is 5.79. The number of aromatic nitrogens is 1. The molecule has 21 heavy (non-hydrogen) atoms. The van der Waals surface area contributed by atoms with Crippen LogP contribution in [-0.4, -0.2) is 11.6 Å². The Morgan fingerprint density at radius 1 is 1.10 bits per heavy atom. The summed E-state index contributed by atoms with van der Waals surface area (Å²) in [6.07, 6.45) is 0.787. The zero-order chi connectivity index (χ0) is 14.7. The van der Waals surface area contributed by atoms with E-state index in [0.29, 0.717) is 17.5 Å². The zero-order valence-electron chi connectivity index (χ0n) is 11.7. The summed E-state index contributed by atoms with van der Waals surface area (Å²) in [7, 11) is 0. The van der Waals surface area contributed by atoms with Crippen molar-refractivity contribution in [3.63, 3.8) is 0 Å². The van der Waals surface area contributed by atoms with Gasteiger partial charge in [0.25, 0.3) is 0 Å². The molecule has 3 aromatic rings. The fourth-order valence-electron chi connectivity index (χ4n) is 2.23. The average molecular weight is 281 g/mol. The molecular formula is C17H15NO3. The van der Waals surface area contributed by atoms with Crippen molar-refractivity contribution in [2.45, 2.75) is 13.3 Å². The average Bonchev–Trinajstić information content (AvgIpc) is 2.49. The summed E-state index contributed by atoms with van der Waals surface area (Å²) in [4.78, 5) is 16.2. The maximum Gasteiger partial charge on any atom is 0.397 e. The van der Waals surface area contributed by atoms with Gasteiger partial charge in [0.15, 0.2) is 0 Å². The number of fused-ring (bicyclic) bond motifs is 1. The molecule has 0 amide bonds. The van der Waals surface area contributed by atoms with Gasteiger partial charge in [-0.1, -0.05) is 36.4 Å². The van der Waals surface area contributed by atoms with Crippen LogP contribution in [0.1, 0.15) is 18.1 Å². The predicted molar refractivity (Wildman–Crippen MR) is 80.7 cm³/mol. The van der Waals surface area contributed by atoms with Crippen LogP contribution in [-0.2, 0) is 6.42 Å². The molecule has 0 aliphatic rings. The summed E-state index contributed by atoms with van der Waals surface area (Å²) in [6, 6.07) is 15.7. The molecule has 0 unspecified atom stereocenters. The third-order valence-corrected chi connectivity index (χ3v) is 3.19. The molecule has 0 saturated carbocycles. The Morgan fingerprint density at radius 3 is 2.67 bits per heavy atom. The van der Waals surface area contributed by atoms with Crippen LogP contribution in [0.4, 0.5) is 0 Å². The van der Waals surface area contributed by atoms with Crippen LogP contribution in [0, 0.1) is 0 Å². The van der Waals surface area contributed by atoms with Gasteiger partial charge in [0.1, 0.15) is 0 Å². The molecule has 4 heteroatoms. The first-order valence-electron chi connectivity index (χ1n) is 6.87. The van der Waals surface area contributed by atoms with Gasteiger partial charge in [-0.2, -0.15) is 4.98 Å². The number of rotatable bonds is 4. The van der Waals surface area contributed by atoms with Gasteiger partial charge in [-0.25, -0.2) is 4.79 Å². The lowest BCUT2D eigenvalue weighted by atomic mass is 10.0. The van der Waals surface area contributed by atoms with Gasteiger partial charge in [-0.05, 0) is 36.6 Å². The smallest absolute Gasteiger partial charge is 0.397 e. The highest BCUT2D eigenvalue weighted by molar-refractivity contribution is 5.78. The van der Waals surface area contributed by atoms with E-state index in [9.17, 15) is 4.79 Å². The minimum Gasteiger partial charge on any atom is -0.450 e. The van der Waals surface area contributed by atoms with E-state index in [1.54, 1.807) is 0 Å². The molecule has 1 aromatic heterocycles. The van der Waals surface area contributed by atoms with Crippen LogP contribution < -0.4 is 10.4 Å². The molecule has 0 bridgehead atoms. The van der Waals surface area contributed by atoms with Crippen molar-refractivity contribution in [2.24, 2.45) is 0 Å². The lowest BCUT2D eigenvalue weighted by molar-refractivity contribution is 0.229. The number of hydrogen-bond donors (Lipinski definition) is 0. The Labute approximate surface area is 122 Å². The van der Waals surface area contributed by atoms with Gasteiger partial charge in [0.2, 0.25) is 0 Å². The second-order valence-corrected chi connectivity index (χ2v) is 4.71. The van der Waals surface area contributed by atoms with Gasteiger partial charge < -0.3 is 9.15 Å². The highest BCUT2D eigenvalue weighted by Crippen LogP contribution is 2.17. The minimum atomic E-state index is -0.418. The maximum absolute atomic E-state index is 12.0. The second-order valence-electron chi connectivity index (χ2n) is 4.71. The van der Waals surface area contributed by atoms with Crippen LogP contribution in [0.2, 0.25) is 0 Å². The lowest BCUT2D eigenvalue weighted by Gasteiger charge is -2.04. The quantitative estimate of drug-likeness (QED) is 0.737. The van der Waals surface area contributed by atoms with Gasteiger partial charge in [0.05, 0.1) is 17.5 Å². The topological polar surface area (TPSA) is 52.3 Å². The van der Waals surface area contributed by atoms with Gasteiger partial charge >= 0.3 is 11.7 Å². The molecule has 106 valence electrons. The van der Waals surface area contributed by atoms with E-state index in [-0.39, 0.29) is 6.08 Å². The highest BCUT2D eigenvalue weighted by atomic mass is 16.6. The van der Waals surface area contributed by atoms with Crippen molar-refractivity contribution in [1.29, 1.82) is 0 Å². The monoisotopic (exact) mass is 281 g/mol. The van der Waals surface area contributed by atoms with E-state index >= 15 is 0 Å². The molecular weight excluding hydrogens is 266 g/mol. The molecule has 1 heterocycles. The summed E-state index contributed by atoms with van der Waals surface area (Å²) < 4.78 is 10.2. The summed E-state index contributed by atoms with van der Waals surface area (Å²) in [5.41, 5.74) is 2.41. The van der Waals surface area contributed by atoms with Gasteiger partial charge in [-0.15, -0.1) is 0 Å². The number of nitrogens with zero attached hydrogens (tertiary/aromatic N) is 1. The number of ether oxygens (including phenoxy) is 1. The van der Waals surface area contributed by atoms with E-state index in [2.05, 4.69) is 17.1 Å². The molecule has 0 saturated heterocycles. The fourth-order valence-corrected chi connectivity index (χ4v) is 2.23. The van der Waals surface area contributed by atoms with Crippen molar-refractivity contribution in [1.82, 2.24) is 4.98 Å². The summed E-state index contributed by atoms with van der Waals surface area (Å²) in [5.74, 6) is 0. The van der Waals surface area contributed by atoms with Crippen molar-refractivity contribution in [2.75, 3.05) is 6.61 Å². The predicted octanol–water partition coefficient (Wildman–Crippen LogP) is 3.18. The van der Waals surface area contributed by atoms with Crippen molar-refractivity contribution in [3.8, 4) is 6.08 Å². The third-order valence-electron chi connectivity index (χ3n) is 3.19. The molecule has 0 spiro atoms. The fraction of sp³-hybridized carbons (Fsp3) is 0.176. The number of hydrogen-bond acceptors (Lipinski definition) is 4. The van der Waals surface area contributed by atoms with Crippen LogP contribution in [0.15, 0.2) is 57.7 Å². The standard InChI is InChI=1S/C17H15NO3/c1-2-20-17-18-15-9-8-13(11-14(15)16(19)21-17)10-12-6-4-3-5-7-12/h3-9,11H,2,10H2,1H3. The van der Waals surface area contributed by atoms with Crippen molar-refractivity contribution in [3.05, 3.63) is 70.1 Å². The summed E-state index contributed by atoms with van der Waals surface area (Å²) in [6.45, 7) is 2.22. The van der Waals surface area contributed by atoms with E-state index in [1.165, 1.54) is 5.56 Å². The Hall–Kier alpha value is -2.62. The molecule has 0 atom stereocenters. The molecule has 0 radical (unpaired) electrons. The minimum absolute atomic E-state index is 0.0193. The Morgan fingerprint density at radius 2 is 1.90 bits per heavy atom. The third kappa shape index (κ3) is 2.94. The molecule has 0 aliphatic carbocycles. The van der Waals surface area contributed by atoms with Gasteiger partial charge in [-0.3, -0.25) is 0 Å². The first kappa shape index (κ1) is 13.4. The molecule has 0 fully saturated rings. The summed E-state index contributed by atoms with van der Waals surface area (Å²) >= 11 is 0. The van der Waals surface area contributed by atoms with E-state index in [4.69, 9.17) is 9.15 Å². The van der Waals surface area contributed by atoms with Crippen molar-refractivity contribution < 1.29 is 9.15 Å². The normalized spacial score (nSPS) is 10.7. The SMILES string of the molecule is CCOc1nc2ccc(Cc3ccccc3)cc2c(=O)o1. The Kier molecular flexibility index (Phi) is 3.69. The van der Waals surface area contributed by atoms with Crippen LogP contribution in [0.5, 0.6) is 6.08 Å². The first-order valence-corrected chi connectivity index (χ1v) is 6.87. The highest BCUT2D eigenvalue weighted by Gasteiger charge is 2.08. The van der Waals surface area contributed by atoms with E-state index in [1.807, 2.05) is 43.3 Å². The summed E-state index contributed by atoms with van der Waals surface area (Å²) in [5, 5.41) is 0.479. The van der Waals surface area contributed by atoms with E-state index < -0.39 is 5.63 Å². The zero-order valence-corrected chi connectivity index (χ0v) is 11.7. The number of benzene rings is 2. The maximum atomic E-state index is 12.0. The van der Waals surface area contributed by atoms with Crippen LogP contribution in [0.3, 0.4) is 0 Å². The lowest BCUT2D eigenvalue weighted by Crippen LogP contribution is -2.05. The molecule has 2 aromatic carbocycles. The Balaban J connectivity index is 1.99. The van der Waals surface area contributed by atoms with E-state index in [0.717, 1.165) is 12.0 Å². The van der Waals surface area contributed by atoms with Crippen LogP contribution in [0.25, 0.3) is 10.9 Å². The first-order chi connectivity index (χ1) is 10.3. The largest absolute Gasteiger partial charge is 0.450 e. The van der Waals surface area contributed by atoms with Gasteiger partial charge in [0, 0.05) is 0 Å².